The van der Waals surface area contributed by atoms with Crippen LogP contribution in [0, 0.1) is 0 Å². The molecule has 0 amide bonds. The minimum absolute atomic E-state index is 0.317. The number of likely N-dealkylation sites (tertiary alicyclic amines) is 1. The Bertz CT molecular complexity index is 803. The first-order chi connectivity index (χ1) is 13.4. The highest BCUT2D eigenvalue weighted by Crippen LogP contribution is 2.22. The molecule has 0 aliphatic carbocycles. The lowest BCUT2D eigenvalue weighted by molar-refractivity contribution is 0.113. The summed E-state index contributed by atoms with van der Waals surface area (Å²) in [6.45, 7) is 3.08. The minimum Gasteiger partial charge on any atom is -0.485 e. The van der Waals surface area contributed by atoms with Gasteiger partial charge in [0, 0.05) is 25.0 Å². The van der Waals surface area contributed by atoms with Crippen molar-refractivity contribution >= 4 is 0 Å². The van der Waals surface area contributed by atoms with Crippen LogP contribution in [-0.4, -0.2) is 37.2 Å². The Hall–Kier alpha value is -2.67. The summed E-state index contributed by atoms with van der Waals surface area (Å²) in [4.78, 5) is 11.1. The summed E-state index contributed by atoms with van der Waals surface area (Å²) >= 11 is 0. The summed E-state index contributed by atoms with van der Waals surface area (Å²) < 4.78 is 13.3. The Morgan fingerprint density at radius 1 is 1.19 bits per heavy atom. The van der Waals surface area contributed by atoms with Crippen LogP contribution in [0.25, 0.3) is 0 Å². The highest BCUT2D eigenvalue weighted by Gasteiger charge is 2.24. The molecule has 0 spiro atoms. The van der Waals surface area contributed by atoms with Gasteiger partial charge in [0.2, 0.25) is 11.7 Å². The lowest BCUT2D eigenvalue weighted by Gasteiger charge is -2.34. The largest absolute Gasteiger partial charge is 0.485 e. The van der Waals surface area contributed by atoms with Gasteiger partial charge < -0.3 is 13.8 Å². The molecule has 1 aliphatic heterocycles. The van der Waals surface area contributed by atoms with E-state index in [9.17, 15) is 0 Å². The quantitative estimate of drug-likeness (QED) is 0.608. The van der Waals surface area contributed by atoms with E-state index in [-0.39, 0.29) is 0 Å². The van der Waals surface area contributed by atoms with Crippen LogP contribution in [0.4, 0.5) is 0 Å². The third-order valence-corrected chi connectivity index (χ3v) is 4.99. The van der Waals surface area contributed by atoms with Crippen molar-refractivity contribution in [1.29, 1.82) is 0 Å². The molecule has 1 atom stereocenters. The number of aryl methyl sites for hydroxylation is 1. The predicted octanol–water partition coefficient (Wildman–Crippen LogP) is 3.29. The van der Waals surface area contributed by atoms with E-state index in [2.05, 4.69) is 24.6 Å². The molecule has 142 valence electrons. The zero-order chi connectivity index (χ0) is 18.3. The van der Waals surface area contributed by atoms with Crippen LogP contribution in [0.15, 0.2) is 53.6 Å². The van der Waals surface area contributed by atoms with Crippen LogP contribution >= 0.6 is 0 Å². The average Bonchev–Trinajstić information content (AvgIpc) is 3.39. The van der Waals surface area contributed by atoms with Crippen molar-refractivity contribution in [3.63, 3.8) is 0 Å². The molecule has 4 rings (SSSR count). The van der Waals surface area contributed by atoms with E-state index in [4.69, 9.17) is 9.26 Å². The monoisotopic (exact) mass is 367 g/mol. The van der Waals surface area contributed by atoms with E-state index in [1.54, 1.807) is 0 Å². The number of aromatic nitrogens is 4. The Morgan fingerprint density at radius 3 is 2.96 bits per heavy atom. The molecule has 1 aliphatic rings. The molecule has 27 heavy (non-hydrogen) atoms. The molecule has 0 saturated carbocycles. The first kappa shape index (κ1) is 17.7. The van der Waals surface area contributed by atoms with Gasteiger partial charge in [-0.15, -0.1) is 0 Å². The fraction of sp³-hybridized carbons (Fsp3) is 0.450. The lowest BCUT2D eigenvalue weighted by Crippen LogP contribution is -2.39. The number of imidazole rings is 1. The Kier molecular flexibility index (Phi) is 5.79. The van der Waals surface area contributed by atoms with Crippen molar-refractivity contribution in [2.75, 3.05) is 6.54 Å². The van der Waals surface area contributed by atoms with Crippen LogP contribution < -0.4 is 4.74 Å². The predicted molar refractivity (Wildman–Crippen MR) is 100.0 cm³/mol. The van der Waals surface area contributed by atoms with Gasteiger partial charge in [-0.1, -0.05) is 29.8 Å². The molecule has 0 N–H and O–H groups in total. The number of hydrogen-bond acceptors (Lipinski definition) is 6. The molecule has 0 radical (unpaired) electrons. The standard InChI is InChI=1S/C20H25N5O2/c1-2-7-18(8-3-1)26-15-19-22-20(27-23-19)14-25-11-5-4-6-17(25)9-12-24-13-10-21-16-24/h1-3,7-8,10,13,16-17H,4-6,9,11-12,14-15H2. The van der Waals surface area contributed by atoms with E-state index in [1.807, 2.05) is 49.1 Å². The van der Waals surface area contributed by atoms with E-state index in [1.165, 1.54) is 19.3 Å². The van der Waals surface area contributed by atoms with Gasteiger partial charge in [-0.05, 0) is 37.9 Å². The first-order valence-corrected chi connectivity index (χ1v) is 9.56. The fourth-order valence-corrected chi connectivity index (χ4v) is 3.56. The highest BCUT2D eigenvalue weighted by atomic mass is 16.5. The average molecular weight is 367 g/mol. The maximum Gasteiger partial charge on any atom is 0.240 e. The third-order valence-electron chi connectivity index (χ3n) is 4.99. The van der Waals surface area contributed by atoms with E-state index < -0.39 is 0 Å². The zero-order valence-corrected chi connectivity index (χ0v) is 15.4. The lowest BCUT2D eigenvalue weighted by atomic mass is 9.99. The second kappa shape index (κ2) is 8.81. The summed E-state index contributed by atoms with van der Waals surface area (Å²) in [6, 6.07) is 10.2. The second-order valence-corrected chi connectivity index (χ2v) is 6.92. The number of piperidine rings is 1. The van der Waals surface area contributed by atoms with Gasteiger partial charge in [0.15, 0.2) is 6.61 Å². The molecular weight excluding hydrogens is 342 g/mol. The van der Waals surface area contributed by atoms with Gasteiger partial charge in [-0.25, -0.2) is 4.98 Å². The van der Waals surface area contributed by atoms with Crippen molar-refractivity contribution in [3.05, 3.63) is 60.8 Å². The number of rotatable bonds is 8. The smallest absolute Gasteiger partial charge is 0.240 e. The van der Waals surface area contributed by atoms with Gasteiger partial charge in [0.1, 0.15) is 5.75 Å². The number of benzene rings is 1. The maximum atomic E-state index is 5.69. The zero-order valence-electron chi connectivity index (χ0n) is 15.4. The Labute approximate surface area is 159 Å². The van der Waals surface area contributed by atoms with Gasteiger partial charge >= 0.3 is 0 Å². The summed E-state index contributed by atoms with van der Waals surface area (Å²) in [5.41, 5.74) is 0. The van der Waals surface area contributed by atoms with Crippen molar-refractivity contribution in [3.8, 4) is 5.75 Å². The molecule has 1 saturated heterocycles. The third kappa shape index (κ3) is 4.95. The van der Waals surface area contributed by atoms with Gasteiger partial charge in [-0.2, -0.15) is 4.98 Å². The molecule has 1 unspecified atom stereocenters. The normalized spacial score (nSPS) is 17.9. The minimum atomic E-state index is 0.317. The van der Waals surface area contributed by atoms with Crippen molar-refractivity contribution in [1.82, 2.24) is 24.6 Å². The summed E-state index contributed by atoms with van der Waals surface area (Å²) in [6.07, 6.45) is 10.6. The van der Waals surface area contributed by atoms with Gasteiger partial charge in [0.05, 0.1) is 12.9 Å². The topological polar surface area (TPSA) is 69.2 Å². The van der Waals surface area contributed by atoms with Crippen molar-refractivity contribution in [2.24, 2.45) is 0 Å². The van der Waals surface area contributed by atoms with Crippen molar-refractivity contribution in [2.45, 2.75) is 51.4 Å². The molecule has 3 aromatic rings. The van der Waals surface area contributed by atoms with Crippen LogP contribution in [0.1, 0.15) is 37.4 Å². The van der Waals surface area contributed by atoms with Gasteiger partial charge in [0.25, 0.3) is 0 Å². The molecule has 3 heterocycles. The molecule has 1 fully saturated rings. The highest BCUT2D eigenvalue weighted by molar-refractivity contribution is 5.20. The maximum absolute atomic E-state index is 5.69. The molecular formula is C20H25N5O2. The number of ether oxygens (including phenoxy) is 1. The van der Waals surface area contributed by atoms with Crippen LogP contribution in [0.3, 0.4) is 0 Å². The van der Waals surface area contributed by atoms with Crippen LogP contribution in [-0.2, 0) is 19.7 Å². The van der Waals surface area contributed by atoms with Crippen molar-refractivity contribution < 1.29 is 9.26 Å². The number of para-hydroxylation sites is 1. The number of hydrogen-bond donors (Lipinski definition) is 0. The Morgan fingerprint density at radius 2 is 2.11 bits per heavy atom. The summed E-state index contributed by atoms with van der Waals surface area (Å²) in [5.74, 6) is 2.05. The van der Waals surface area contributed by atoms with E-state index >= 15 is 0 Å². The van der Waals surface area contributed by atoms with Crippen LogP contribution in [0.2, 0.25) is 0 Å². The SMILES string of the molecule is c1ccc(OCc2noc(CN3CCCCC3CCn3ccnc3)n2)cc1. The molecule has 1 aromatic carbocycles. The van der Waals surface area contributed by atoms with E-state index in [0.29, 0.717) is 30.9 Å². The van der Waals surface area contributed by atoms with E-state index in [0.717, 1.165) is 25.3 Å². The number of nitrogens with zero attached hydrogens (tertiary/aromatic N) is 5. The first-order valence-electron chi connectivity index (χ1n) is 9.56. The Balaban J connectivity index is 1.31. The van der Waals surface area contributed by atoms with Gasteiger partial charge in [-0.3, -0.25) is 4.90 Å². The molecule has 0 bridgehead atoms. The molecule has 2 aromatic heterocycles. The summed E-state index contributed by atoms with van der Waals surface area (Å²) in [5, 5.41) is 4.06. The second-order valence-electron chi connectivity index (χ2n) is 6.92. The molecule has 7 nitrogen and oxygen atoms in total. The fourth-order valence-electron chi connectivity index (χ4n) is 3.56. The molecule has 7 heteroatoms. The summed E-state index contributed by atoms with van der Waals surface area (Å²) in [7, 11) is 0. The van der Waals surface area contributed by atoms with Crippen LogP contribution in [0.5, 0.6) is 5.75 Å².